The summed E-state index contributed by atoms with van der Waals surface area (Å²) < 4.78 is 3.86. The number of nitrogens with zero attached hydrogens (tertiary/aromatic N) is 3. The van der Waals surface area contributed by atoms with Crippen LogP contribution in [0.1, 0.15) is 25.5 Å². The summed E-state index contributed by atoms with van der Waals surface area (Å²) in [5, 5.41) is 20.3. The first-order valence-corrected chi connectivity index (χ1v) is 10.3. The van der Waals surface area contributed by atoms with Gasteiger partial charge in [0.2, 0.25) is 5.62 Å². The van der Waals surface area contributed by atoms with Crippen LogP contribution in [0.4, 0.5) is 0 Å². The van der Waals surface area contributed by atoms with Crippen LogP contribution >= 0.6 is 23.2 Å². The quantitative estimate of drug-likeness (QED) is 0.570. The van der Waals surface area contributed by atoms with E-state index >= 15 is 0 Å². The summed E-state index contributed by atoms with van der Waals surface area (Å²) in [5.74, 6) is 0. The molecule has 2 N–H and O–H groups in total. The second kappa shape index (κ2) is 9.14. The highest BCUT2D eigenvalue weighted by Gasteiger charge is 2.16. The Morgan fingerprint density at radius 3 is 2.25 bits per heavy atom. The second-order valence-electron chi connectivity index (χ2n) is 6.79. The summed E-state index contributed by atoms with van der Waals surface area (Å²) in [4.78, 5) is 2.34. The van der Waals surface area contributed by atoms with Crippen LogP contribution in [-0.2, 0) is 13.1 Å². The number of benzene rings is 2. The fourth-order valence-corrected chi connectivity index (χ4v) is 3.79. The molecule has 0 radical (unpaired) electrons. The van der Waals surface area contributed by atoms with Crippen molar-refractivity contribution in [1.29, 1.82) is 5.41 Å². The number of imidazole rings is 1. The van der Waals surface area contributed by atoms with Gasteiger partial charge in [0.25, 0.3) is 0 Å². The fourth-order valence-electron chi connectivity index (χ4n) is 3.48. The van der Waals surface area contributed by atoms with Crippen molar-refractivity contribution in [3.63, 3.8) is 0 Å². The van der Waals surface area contributed by atoms with Gasteiger partial charge >= 0.3 is 0 Å². The maximum atomic E-state index is 10.8. The maximum absolute atomic E-state index is 10.8. The standard InChI is InChI=1S/C21H26Cl2N4O/c1-3-25(4-2)11-12-26-18-7-5-6-8-19(18)27(21(26)24)14-20(28)15-9-10-16(22)17(23)13-15/h5-10,13,20,24,28H,3-4,11-12,14H2,1-2H3/t20-/m1/s1. The molecule has 7 heteroatoms. The fraction of sp³-hybridized carbons (Fsp3) is 0.381. The molecule has 0 aliphatic carbocycles. The Kier molecular flexibility index (Phi) is 6.83. The van der Waals surface area contributed by atoms with Crippen LogP contribution in [0.5, 0.6) is 0 Å². The smallest absolute Gasteiger partial charge is 0.203 e. The van der Waals surface area contributed by atoms with Crippen LogP contribution in [0.2, 0.25) is 10.0 Å². The van der Waals surface area contributed by atoms with E-state index in [-0.39, 0.29) is 6.54 Å². The number of aliphatic hydroxyl groups is 1. The SMILES string of the molecule is CCN(CC)CCn1c(=N)n(C[C@@H](O)c2ccc(Cl)c(Cl)c2)c2ccccc21. The number of hydrogen-bond donors (Lipinski definition) is 2. The molecule has 0 bridgehead atoms. The summed E-state index contributed by atoms with van der Waals surface area (Å²) >= 11 is 12.1. The summed E-state index contributed by atoms with van der Waals surface area (Å²) in [5.41, 5.74) is 3.00. The van der Waals surface area contributed by atoms with Crippen molar-refractivity contribution in [1.82, 2.24) is 14.0 Å². The first kappa shape index (κ1) is 20.9. The normalized spacial score (nSPS) is 12.8. The van der Waals surface area contributed by atoms with Gasteiger partial charge in [0.1, 0.15) is 0 Å². The molecule has 0 amide bonds. The van der Waals surface area contributed by atoms with Gasteiger partial charge < -0.3 is 19.1 Å². The average molecular weight is 421 g/mol. The van der Waals surface area contributed by atoms with Crippen molar-refractivity contribution in [2.45, 2.75) is 33.0 Å². The van der Waals surface area contributed by atoms with Gasteiger partial charge in [0.05, 0.1) is 33.7 Å². The number of fused-ring (bicyclic) bond motifs is 1. The van der Waals surface area contributed by atoms with Crippen molar-refractivity contribution in [2.24, 2.45) is 0 Å². The molecule has 3 aromatic rings. The number of hydrogen-bond acceptors (Lipinski definition) is 3. The molecule has 0 fully saturated rings. The third-order valence-electron chi connectivity index (χ3n) is 5.19. The molecule has 28 heavy (non-hydrogen) atoms. The summed E-state index contributed by atoms with van der Waals surface area (Å²) in [6.45, 7) is 8.15. The molecule has 0 aliphatic heterocycles. The van der Waals surface area contributed by atoms with E-state index in [0.29, 0.717) is 21.2 Å². The van der Waals surface area contributed by atoms with Gasteiger partial charge in [-0.15, -0.1) is 0 Å². The van der Waals surface area contributed by atoms with Crippen LogP contribution in [0.3, 0.4) is 0 Å². The van der Waals surface area contributed by atoms with E-state index in [1.54, 1.807) is 18.2 Å². The van der Waals surface area contributed by atoms with Crippen molar-refractivity contribution < 1.29 is 5.11 Å². The molecule has 0 saturated heterocycles. The Bertz CT molecular complexity index is 1010. The van der Waals surface area contributed by atoms with Crippen LogP contribution in [-0.4, -0.2) is 38.8 Å². The molecule has 1 atom stereocenters. The Morgan fingerprint density at radius 2 is 1.64 bits per heavy atom. The highest BCUT2D eigenvalue weighted by Crippen LogP contribution is 2.26. The number of para-hydroxylation sites is 2. The number of halogens is 2. The van der Waals surface area contributed by atoms with Crippen LogP contribution in [0, 0.1) is 5.41 Å². The van der Waals surface area contributed by atoms with Crippen molar-refractivity contribution in [3.05, 3.63) is 63.7 Å². The Hall–Kier alpha value is -1.79. The largest absolute Gasteiger partial charge is 0.387 e. The maximum Gasteiger partial charge on any atom is 0.203 e. The predicted molar refractivity (Wildman–Crippen MR) is 115 cm³/mol. The van der Waals surface area contributed by atoms with E-state index < -0.39 is 6.10 Å². The monoisotopic (exact) mass is 420 g/mol. The molecule has 0 aliphatic rings. The van der Waals surface area contributed by atoms with E-state index in [2.05, 4.69) is 18.7 Å². The Morgan fingerprint density at radius 1 is 1.00 bits per heavy atom. The van der Waals surface area contributed by atoms with Crippen LogP contribution in [0.15, 0.2) is 42.5 Å². The molecular weight excluding hydrogens is 395 g/mol. The number of aromatic nitrogens is 2. The highest BCUT2D eigenvalue weighted by molar-refractivity contribution is 6.42. The lowest BCUT2D eigenvalue weighted by atomic mass is 10.1. The van der Waals surface area contributed by atoms with Crippen LogP contribution < -0.4 is 5.62 Å². The summed E-state index contributed by atoms with van der Waals surface area (Å²) in [7, 11) is 0. The van der Waals surface area contributed by atoms with E-state index in [0.717, 1.165) is 37.2 Å². The first-order chi connectivity index (χ1) is 13.5. The minimum Gasteiger partial charge on any atom is -0.387 e. The second-order valence-corrected chi connectivity index (χ2v) is 7.61. The van der Waals surface area contributed by atoms with E-state index in [1.807, 2.05) is 33.4 Å². The van der Waals surface area contributed by atoms with Gasteiger partial charge in [0.15, 0.2) is 0 Å². The number of likely N-dealkylation sites (N-methyl/N-ethyl adjacent to an activating group) is 1. The van der Waals surface area contributed by atoms with Gasteiger partial charge in [-0.2, -0.15) is 0 Å². The number of aliphatic hydroxyl groups excluding tert-OH is 1. The Labute approximate surface area is 175 Å². The first-order valence-electron chi connectivity index (χ1n) is 9.54. The Balaban J connectivity index is 1.93. The summed E-state index contributed by atoms with van der Waals surface area (Å²) in [6.07, 6.45) is -0.786. The molecule has 0 unspecified atom stereocenters. The van der Waals surface area contributed by atoms with Gasteiger partial charge in [-0.05, 0) is 42.9 Å². The third-order valence-corrected chi connectivity index (χ3v) is 5.93. The number of rotatable bonds is 8. The molecule has 1 aromatic heterocycles. The lowest BCUT2D eigenvalue weighted by molar-refractivity contribution is 0.155. The van der Waals surface area contributed by atoms with Gasteiger partial charge in [-0.1, -0.05) is 55.2 Å². The van der Waals surface area contributed by atoms with E-state index in [1.165, 1.54) is 0 Å². The zero-order valence-corrected chi connectivity index (χ0v) is 17.7. The van der Waals surface area contributed by atoms with Crippen LogP contribution in [0.25, 0.3) is 11.0 Å². The van der Waals surface area contributed by atoms with Gasteiger partial charge in [0, 0.05) is 13.1 Å². The van der Waals surface area contributed by atoms with Crippen molar-refractivity contribution >= 4 is 34.2 Å². The highest BCUT2D eigenvalue weighted by atomic mass is 35.5. The molecule has 0 spiro atoms. The molecule has 150 valence electrons. The van der Waals surface area contributed by atoms with Gasteiger partial charge in [-0.25, -0.2) is 0 Å². The predicted octanol–water partition coefficient (Wildman–Crippen LogP) is 4.30. The minimum atomic E-state index is -0.786. The van der Waals surface area contributed by atoms with Gasteiger partial charge in [-0.3, -0.25) is 5.41 Å². The van der Waals surface area contributed by atoms with E-state index in [9.17, 15) is 5.11 Å². The topological polar surface area (TPSA) is 57.2 Å². The lowest BCUT2D eigenvalue weighted by Gasteiger charge is -2.18. The van der Waals surface area contributed by atoms with E-state index in [4.69, 9.17) is 28.6 Å². The molecule has 5 nitrogen and oxygen atoms in total. The molecule has 3 rings (SSSR count). The molecule has 0 saturated carbocycles. The van der Waals surface area contributed by atoms with Crippen molar-refractivity contribution in [2.75, 3.05) is 19.6 Å². The third kappa shape index (κ3) is 4.28. The zero-order valence-electron chi connectivity index (χ0n) is 16.2. The minimum absolute atomic E-state index is 0.273. The lowest BCUT2D eigenvalue weighted by Crippen LogP contribution is -2.32. The van der Waals surface area contributed by atoms with Crippen molar-refractivity contribution in [3.8, 4) is 0 Å². The zero-order chi connectivity index (χ0) is 20.3. The average Bonchev–Trinajstić information content (AvgIpc) is 2.96. The number of nitrogens with one attached hydrogen (secondary N) is 1. The molecule has 2 aromatic carbocycles. The molecular formula is C21H26Cl2N4O. The molecule has 1 heterocycles. The summed E-state index contributed by atoms with van der Waals surface area (Å²) in [6, 6.07) is 13.1.